The van der Waals surface area contributed by atoms with Gasteiger partial charge in [-0.2, -0.15) is 5.10 Å². The first kappa shape index (κ1) is 16.1. The van der Waals surface area contributed by atoms with Crippen LogP contribution in [0.3, 0.4) is 0 Å². The highest BCUT2D eigenvalue weighted by molar-refractivity contribution is 7.88. The van der Waals surface area contributed by atoms with E-state index in [1.807, 2.05) is 30.7 Å². The number of sulfonamides is 1. The van der Waals surface area contributed by atoms with E-state index in [4.69, 9.17) is 0 Å². The highest BCUT2D eigenvalue weighted by atomic mass is 32.2. The molecule has 0 radical (unpaired) electrons. The molecule has 23 heavy (non-hydrogen) atoms. The largest absolute Gasteiger partial charge is 0.264 e. The molecule has 1 atom stereocenters. The van der Waals surface area contributed by atoms with Crippen molar-refractivity contribution in [2.24, 2.45) is 0 Å². The zero-order chi connectivity index (χ0) is 16.6. The molecule has 124 valence electrons. The van der Waals surface area contributed by atoms with Crippen molar-refractivity contribution in [1.29, 1.82) is 0 Å². The van der Waals surface area contributed by atoms with Crippen LogP contribution in [0.1, 0.15) is 30.8 Å². The Morgan fingerprint density at radius 2 is 2.13 bits per heavy atom. The van der Waals surface area contributed by atoms with Gasteiger partial charge in [0.15, 0.2) is 0 Å². The molecule has 0 aromatic carbocycles. The van der Waals surface area contributed by atoms with Gasteiger partial charge in [-0.25, -0.2) is 22.7 Å². The Hall–Kier alpha value is -1.80. The summed E-state index contributed by atoms with van der Waals surface area (Å²) < 4.78 is 26.8. The second-order valence-electron chi connectivity index (χ2n) is 5.86. The highest BCUT2D eigenvalue weighted by Gasteiger charge is 2.30. The standard InChI is InChI=1S/C15H21N5O2S/c1-4-20-15(5-7-16-20)14-9-13(17-11(2)18-14)12-6-8-19(10-12)23(3,21)22/h5,7,9,12H,4,6,8,10H2,1-3H3/t12-/m1/s1. The van der Waals surface area contributed by atoms with E-state index in [-0.39, 0.29) is 5.92 Å². The van der Waals surface area contributed by atoms with Gasteiger partial charge < -0.3 is 0 Å². The molecule has 0 saturated carbocycles. The Morgan fingerprint density at radius 1 is 1.35 bits per heavy atom. The lowest BCUT2D eigenvalue weighted by Crippen LogP contribution is -2.27. The smallest absolute Gasteiger partial charge is 0.211 e. The molecule has 0 N–H and O–H groups in total. The van der Waals surface area contributed by atoms with Crippen LogP contribution in [0, 0.1) is 6.92 Å². The third kappa shape index (κ3) is 3.28. The van der Waals surface area contributed by atoms with Crippen LogP contribution in [0.25, 0.3) is 11.4 Å². The molecular weight excluding hydrogens is 314 g/mol. The van der Waals surface area contributed by atoms with Gasteiger partial charge in [0.25, 0.3) is 0 Å². The zero-order valence-electron chi connectivity index (χ0n) is 13.6. The molecule has 2 aromatic heterocycles. The quantitative estimate of drug-likeness (QED) is 0.844. The fraction of sp³-hybridized carbons (Fsp3) is 0.533. The minimum atomic E-state index is -3.14. The van der Waals surface area contributed by atoms with Crippen LogP contribution >= 0.6 is 0 Å². The lowest BCUT2D eigenvalue weighted by molar-refractivity contribution is 0.477. The van der Waals surface area contributed by atoms with Crippen molar-refractivity contribution in [3.05, 3.63) is 29.8 Å². The molecule has 1 aliphatic heterocycles. The number of rotatable bonds is 4. The average molecular weight is 335 g/mol. The van der Waals surface area contributed by atoms with E-state index >= 15 is 0 Å². The summed E-state index contributed by atoms with van der Waals surface area (Å²) in [6, 6.07) is 3.90. The molecule has 3 rings (SSSR count). The molecule has 0 spiro atoms. The lowest BCUT2D eigenvalue weighted by Gasteiger charge is -2.14. The predicted molar refractivity (Wildman–Crippen MR) is 87.4 cm³/mol. The second-order valence-corrected chi connectivity index (χ2v) is 7.85. The Kier molecular flexibility index (Phi) is 4.20. The van der Waals surface area contributed by atoms with E-state index in [1.54, 1.807) is 6.20 Å². The number of hydrogen-bond acceptors (Lipinski definition) is 5. The summed E-state index contributed by atoms with van der Waals surface area (Å²) in [6.07, 6.45) is 3.80. The molecule has 1 aliphatic rings. The summed E-state index contributed by atoms with van der Waals surface area (Å²) >= 11 is 0. The molecule has 0 amide bonds. The van der Waals surface area contributed by atoms with Crippen LogP contribution in [0.5, 0.6) is 0 Å². The Labute approximate surface area is 136 Å². The fourth-order valence-electron chi connectivity index (χ4n) is 3.00. The third-order valence-electron chi connectivity index (χ3n) is 4.17. The second kappa shape index (κ2) is 6.01. The third-order valence-corrected chi connectivity index (χ3v) is 5.44. The normalized spacial score (nSPS) is 19.3. The van der Waals surface area contributed by atoms with Crippen LogP contribution in [0.2, 0.25) is 0 Å². The minimum absolute atomic E-state index is 0.114. The van der Waals surface area contributed by atoms with Gasteiger partial charge in [0, 0.05) is 37.4 Å². The zero-order valence-corrected chi connectivity index (χ0v) is 14.4. The summed E-state index contributed by atoms with van der Waals surface area (Å²) in [7, 11) is -3.14. The van der Waals surface area contributed by atoms with Gasteiger partial charge in [-0.1, -0.05) is 0 Å². The maximum atomic E-state index is 11.7. The first-order valence-electron chi connectivity index (χ1n) is 7.71. The molecule has 0 bridgehead atoms. The van der Waals surface area contributed by atoms with E-state index < -0.39 is 10.0 Å². The van der Waals surface area contributed by atoms with Crippen LogP contribution in [0.4, 0.5) is 0 Å². The Bertz CT molecular complexity index is 815. The first-order valence-corrected chi connectivity index (χ1v) is 9.56. The van der Waals surface area contributed by atoms with Crippen molar-refractivity contribution in [3.63, 3.8) is 0 Å². The summed E-state index contributed by atoms with van der Waals surface area (Å²) in [5.41, 5.74) is 2.70. The Morgan fingerprint density at radius 3 is 2.78 bits per heavy atom. The van der Waals surface area contributed by atoms with Crippen LogP contribution < -0.4 is 0 Å². The van der Waals surface area contributed by atoms with Crippen LogP contribution in [-0.2, 0) is 16.6 Å². The van der Waals surface area contributed by atoms with Crippen molar-refractivity contribution in [3.8, 4) is 11.4 Å². The van der Waals surface area contributed by atoms with Gasteiger partial charge in [0.1, 0.15) is 5.82 Å². The minimum Gasteiger partial charge on any atom is -0.264 e. The van der Waals surface area contributed by atoms with Gasteiger partial charge in [-0.15, -0.1) is 0 Å². The summed E-state index contributed by atoms with van der Waals surface area (Å²) in [5, 5.41) is 4.28. The topological polar surface area (TPSA) is 81.0 Å². The van der Waals surface area contributed by atoms with Crippen LogP contribution in [-0.4, -0.2) is 51.8 Å². The van der Waals surface area contributed by atoms with Gasteiger partial charge in [-0.05, 0) is 32.4 Å². The van der Waals surface area contributed by atoms with Crippen molar-refractivity contribution >= 4 is 10.0 Å². The molecule has 8 heteroatoms. The molecule has 7 nitrogen and oxygen atoms in total. The highest BCUT2D eigenvalue weighted by Crippen LogP contribution is 2.29. The number of hydrogen-bond donors (Lipinski definition) is 0. The lowest BCUT2D eigenvalue weighted by atomic mass is 10.0. The van der Waals surface area contributed by atoms with E-state index in [9.17, 15) is 8.42 Å². The molecule has 3 heterocycles. The average Bonchev–Trinajstić information content (AvgIpc) is 3.15. The van der Waals surface area contributed by atoms with Gasteiger partial charge >= 0.3 is 0 Å². The summed E-state index contributed by atoms with van der Waals surface area (Å²) in [5.74, 6) is 0.808. The van der Waals surface area contributed by atoms with Gasteiger partial charge in [-0.3, -0.25) is 4.68 Å². The number of aromatic nitrogens is 4. The molecule has 1 saturated heterocycles. The number of aryl methyl sites for hydroxylation is 2. The molecule has 0 aliphatic carbocycles. The molecule has 1 fully saturated rings. The summed E-state index contributed by atoms with van der Waals surface area (Å²) in [4.78, 5) is 9.06. The SMILES string of the molecule is CCn1nccc1-c1cc([C@@H]2CCN(S(C)(=O)=O)C2)nc(C)n1. The van der Waals surface area contributed by atoms with E-state index in [1.165, 1.54) is 10.6 Å². The van der Waals surface area contributed by atoms with Crippen LogP contribution in [0.15, 0.2) is 18.3 Å². The maximum Gasteiger partial charge on any atom is 0.211 e. The van der Waals surface area contributed by atoms with E-state index in [0.29, 0.717) is 18.9 Å². The first-order chi connectivity index (χ1) is 10.9. The molecule has 2 aromatic rings. The number of nitrogens with zero attached hydrogens (tertiary/aromatic N) is 5. The predicted octanol–water partition coefficient (Wildman–Crippen LogP) is 1.42. The fourth-order valence-corrected chi connectivity index (χ4v) is 3.89. The Balaban J connectivity index is 1.93. The van der Waals surface area contributed by atoms with Gasteiger partial charge in [0.2, 0.25) is 10.0 Å². The van der Waals surface area contributed by atoms with Crippen molar-refractivity contribution < 1.29 is 8.42 Å². The molecular formula is C15H21N5O2S. The van der Waals surface area contributed by atoms with E-state index in [0.717, 1.165) is 30.0 Å². The van der Waals surface area contributed by atoms with Gasteiger partial charge in [0.05, 0.1) is 17.6 Å². The maximum absolute atomic E-state index is 11.7. The van der Waals surface area contributed by atoms with Crippen molar-refractivity contribution in [1.82, 2.24) is 24.1 Å². The van der Waals surface area contributed by atoms with E-state index in [2.05, 4.69) is 15.1 Å². The van der Waals surface area contributed by atoms with Crippen molar-refractivity contribution in [2.75, 3.05) is 19.3 Å². The summed E-state index contributed by atoms with van der Waals surface area (Å²) in [6.45, 7) is 5.71. The molecule has 0 unspecified atom stereocenters. The monoisotopic (exact) mass is 335 g/mol. The van der Waals surface area contributed by atoms with Crippen molar-refractivity contribution in [2.45, 2.75) is 32.7 Å².